The molecule has 0 amide bonds. The Morgan fingerprint density at radius 1 is 1.28 bits per heavy atom. The Morgan fingerprint density at radius 3 is 2.50 bits per heavy atom. The van der Waals surface area contributed by atoms with Crippen molar-refractivity contribution in [1.82, 2.24) is 15.1 Å². The lowest BCUT2D eigenvalue weighted by Crippen LogP contribution is -2.45. The molecule has 1 unspecified atom stereocenters. The first-order valence-corrected chi connectivity index (χ1v) is 7.73. The first-order chi connectivity index (χ1) is 8.63. The van der Waals surface area contributed by atoms with Crippen LogP contribution in [0.3, 0.4) is 0 Å². The molecule has 0 radical (unpaired) electrons. The summed E-state index contributed by atoms with van der Waals surface area (Å²) in [6, 6.07) is 0.696. The molecular formula is C15H33N3. The Bertz CT molecular complexity index is 198. The number of hydrogen-bond acceptors (Lipinski definition) is 3. The predicted molar refractivity (Wildman–Crippen MR) is 80.1 cm³/mol. The number of nitrogens with zero attached hydrogens (tertiary/aromatic N) is 2. The summed E-state index contributed by atoms with van der Waals surface area (Å²) in [4.78, 5) is 4.99. The molecular weight excluding hydrogens is 222 g/mol. The van der Waals surface area contributed by atoms with Crippen LogP contribution in [0, 0.1) is 5.92 Å². The summed E-state index contributed by atoms with van der Waals surface area (Å²) in [7, 11) is 4.37. The van der Waals surface area contributed by atoms with Crippen molar-refractivity contribution in [2.75, 3.05) is 46.8 Å². The first kappa shape index (κ1) is 15.9. The highest BCUT2D eigenvalue weighted by atomic mass is 15.2. The SMILES string of the molecule is CCCCNCC(C)N1CCC(CN(C)C)CC1. The van der Waals surface area contributed by atoms with Gasteiger partial charge in [-0.25, -0.2) is 0 Å². The quantitative estimate of drug-likeness (QED) is 0.670. The van der Waals surface area contributed by atoms with Crippen LogP contribution < -0.4 is 5.32 Å². The van der Waals surface area contributed by atoms with Crippen LogP contribution in [0.1, 0.15) is 39.5 Å². The van der Waals surface area contributed by atoms with E-state index in [1.807, 2.05) is 0 Å². The van der Waals surface area contributed by atoms with Crippen LogP contribution in [0.15, 0.2) is 0 Å². The summed E-state index contributed by atoms with van der Waals surface area (Å²) in [5.41, 5.74) is 0. The Labute approximate surface area is 114 Å². The van der Waals surface area contributed by atoms with Gasteiger partial charge in [-0.2, -0.15) is 0 Å². The van der Waals surface area contributed by atoms with Crippen LogP contribution in [0.5, 0.6) is 0 Å². The highest BCUT2D eigenvalue weighted by molar-refractivity contribution is 4.78. The molecule has 1 atom stereocenters. The van der Waals surface area contributed by atoms with Crippen molar-refractivity contribution in [3.05, 3.63) is 0 Å². The minimum Gasteiger partial charge on any atom is -0.315 e. The number of unbranched alkanes of at least 4 members (excludes halogenated alkanes) is 1. The van der Waals surface area contributed by atoms with E-state index in [4.69, 9.17) is 0 Å². The molecule has 0 aromatic carbocycles. The standard InChI is InChI=1S/C15H33N3/c1-5-6-9-16-12-14(2)18-10-7-15(8-11-18)13-17(3)4/h14-16H,5-13H2,1-4H3. The molecule has 18 heavy (non-hydrogen) atoms. The maximum Gasteiger partial charge on any atom is 0.0192 e. The Kier molecular flexibility index (Phi) is 7.87. The fourth-order valence-electron chi connectivity index (χ4n) is 2.83. The zero-order valence-corrected chi connectivity index (χ0v) is 12.9. The minimum absolute atomic E-state index is 0.696. The Morgan fingerprint density at radius 2 is 1.94 bits per heavy atom. The van der Waals surface area contributed by atoms with Crippen LogP contribution in [0.4, 0.5) is 0 Å². The zero-order valence-electron chi connectivity index (χ0n) is 12.9. The van der Waals surface area contributed by atoms with E-state index in [1.165, 1.54) is 51.9 Å². The summed E-state index contributed by atoms with van der Waals surface area (Å²) < 4.78 is 0. The van der Waals surface area contributed by atoms with E-state index in [0.717, 1.165) is 12.5 Å². The van der Waals surface area contributed by atoms with E-state index >= 15 is 0 Å². The maximum absolute atomic E-state index is 3.58. The summed E-state index contributed by atoms with van der Waals surface area (Å²) in [5.74, 6) is 0.913. The summed E-state index contributed by atoms with van der Waals surface area (Å²) in [6.45, 7) is 10.8. The smallest absolute Gasteiger partial charge is 0.0192 e. The van der Waals surface area contributed by atoms with Crippen molar-refractivity contribution in [2.45, 2.75) is 45.6 Å². The van der Waals surface area contributed by atoms with Crippen LogP contribution >= 0.6 is 0 Å². The third-order valence-electron chi connectivity index (χ3n) is 4.04. The third-order valence-corrected chi connectivity index (χ3v) is 4.04. The number of hydrogen-bond donors (Lipinski definition) is 1. The molecule has 3 heteroatoms. The van der Waals surface area contributed by atoms with Gasteiger partial charge in [0.15, 0.2) is 0 Å². The number of likely N-dealkylation sites (tertiary alicyclic amines) is 1. The van der Waals surface area contributed by atoms with Gasteiger partial charge in [0, 0.05) is 19.1 Å². The Hall–Kier alpha value is -0.120. The van der Waals surface area contributed by atoms with Crippen LogP contribution in [-0.4, -0.2) is 62.7 Å². The normalized spacial score (nSPS) is 20.5. The largest absolute Gasteiger partial charge is 0.315 e. The van der Waals surface area contributed by atoms with E-state index in [2.05, 4.69) is 43.1 Å². The molecule has 1 aliphatic rings. The lowest BCUT2D eigenvalue weighted by Gasteiger charge is -2.37. The number of piperidine rings is 1. The van der Waals surface area contributed by atoms with Crippen LogP contribution in [0.2, 0.25) is 0 Å². The highest BCUT2D eigenvalue weighted by Crippen LogP contribution is 2.19. The molecule has 1 N–H and O–H groups in total. The van der Waals surface area contributed by atoms with Gasteiger partial charge in [-0.3, -0.25) is 4.90 Å². The molecule has 0 saturated carbocycles. The Balaban J connectivity index is 2.13. The summed E-state index contributed by atoms with van der Waals surface area (Å²) >= 11 is 0. The van der Waals surface area contributed by atoms with Crippen molar-refractivity contribution >= 4 is 0 Å². The number of nitrogens with one attached hydrogen (secondary N) is 1. The second-order valence-electron chi connectivity index (χ2n) is 6.15. The average Bonchev–Trinajstić information content (AvgIpc) is 2.34. The molecule has 0 aliphatic carbocycles. The van der Waals surface area contributed by atoms with Crippen LogP contribution in [0.25, 0.3) is 0 Å². The van der Waals surface area contributed by atoms with E-state index in [9.17, 15) is 0 Å². The highest BCUT2D eigenvalue weighted by Gasteiger charge is 2.22. The van der Waals surface area contributed by atoms with Crippen molar-refractivity contribution in [2.24, 2.45) is 5.92 Å². The van der Waals surface area contributed by atoms with Gasteiger partial charge >= 0.3 is 0 Å². The minimum atomic E-state index is 0.696. The van der Waals surface area contributed by atoms with E-state index < -0.39 is 0 Å². The van der Waals surface area contributed by atoms with Crippen molar-refractivity contribution < 1.29 is 0 Å². The molecule has 3 nitrogen and oxygen atoms in total. The monoisotopic (exact) mass is 255 g/mol. The molecule has 0 bridgehead atoms. The fourth-order valence-corrected chi connectivity index (χ4v) is 2.83. The van der Waals surface area contributed by atoms with Gasteiger partial charge in [0.2, 0.25) is 0 Å². The lowest BCUT2D eigenvalue weighted by molar-refractivity contribution is 0.126. The zero-order chi connectivity index (χ0) is 13.4. The molecule has 0 aromatic rings. The maximum atomic E-state index is 3.58. The number of rotatable bonds is 8. The van der Waals surface area contributed by atoms with Crippen molar-refractivity contribution in [1.29, 1.82) is 0 Å². The van der Waals surface area contributed by atoms with E-state index in [-0.39, 0.29) is 0 Å². The second kappa shape index (κ2) is 8.89. The van der Waals surface area contributed by atoms with E-state index in [1.54, 1.807) is 0 Å². The molecule has 1 aliphatic heterocycles. The lowest BCUT2D eigenvalue weighted by atomic mass is 9.95. The van der Waals surface area contributed by atoms with Crippen LogP contribution in [-0.2, 0) is 0 Å². The van der Waals surface area contributed by atoms with Crippen molar-refractivity contribution in [3.63, 3.8) is 0 Å². The van der Waals surface area contributed by atoms with Gasteiger partial charge in [0.1, 0.15) is 0 Å². The van der Waals surface area contributed by atoms with Crippen molar-refractivity contribution in [3.8, 4) is 0 Å². The van der Waals surface area contributed by atoms with Gasteiger partial charge in [-0.05, 0) is 65.8 Å². The fraction of sp³-hybridized carbons (Fsp3) is 1.00. The molecule has 0 aromatic heterocycles. The third kappa shape index (κ3) is 6.17. The van der Waals surface area contributed by atoms with Gasteiger partial charge in [0.05, 0.1) is 0 Å². The molecule has 0 spiro atoms. The van der Waals surface area contributed by atoms with Gasteiger partial charge < -0.3 is 10.2 Å². The van der Waals surface area contributed by atoms with E-state index in [0.29, 0.717) is 6.04 Å². The average molecular weight is 255 g/mol. The topological polar surface area (TPSA) is 18.5 Å². The predicted octanol–water partition coefficient (Wildman–Crippen LogP) is 2.04. The van der Waals surface area contributed by atoms with Gasteiger partial charge in [-0.1, -0.05) is 13.3 Å². The van der Waals surface area contributed by atoms with Gasteiger partial charge in [-0.15, -0.1) is 0 Å². The van der Waals surface area contributed by atoms with Gasteiger partial charge in [0.25, 0.3) is 0 Å². The first-order valence-electron chi connectivity index (χ1n) is 7.73. The molecule has 1 rings (SSSR count). The summed E-state index contributed by atoms with van der Waals surface area (Å²) in [6.07, 6.45) is 5.34. The molecule has 108 valence electrons. The second-order valence-corrected chi connectivity index (χ2v) is 6.15. The summed E-state index contributed by atoms with van der Waals surface area (Å²) in [5, 5.41) is 3.58. The molecule has 1 saturated heterocycles. The molecule has 1 heterocycles. The molecule has 1 fully saturated rings.